The van der Waals surface area contributed by atoms with Gasteiger partial charge >= 0.3 is 0 Å². The van der Waals surface area contributed by atoms with Crippen molar-refractivity contribution in [3.05, 3.63) is 54.1 Å². The van der Waals surface area contributed by atoms with Gasteiger partial charge in [0.1, 0.15) is 24.2 Å². The molecule has 2 atom stereocenters. The van der Waals surface area contributed by atoms with Gasteiger partial charge < -0.3 is 19.5 Å². The fraction of sp³-hybridized carbons (Fsp3) is 0.455. The van der Waals surface area contributed by atoms with Crippen LogP contribution in [0.3, 0.4) is 0 Å². The summed E-state index contributed by atoms with van der Waals surface area (Å²) in [6, 6.07) is 16.3. The van der Waals surface area contributed by atoms with Crippen LogP contribution in [0.1, 0.15) is 38.7 Å². The molecule has 4 heteroatoms. The normalized spacial score (nSPS) is 13.1. The van der Waals surface area contributed by atoms with Crippen LogP contribution in [0.15, 0.2) is 48.5 Å². The van der Waals surface area contributed by atoms with Gasteiger partial charge in [0.05, 0.1) is 13.2 Å². The molecule has 0 spiro atoms. The van der Waals surface area contributed by atoms with Gasteiger partial charge in [-0.2, -0.15) is 0 Å². The summed E-state index contributed by atoms with van der Waals surface area (Å²) >= 11 is 0. The van der Waals surface area contributed by atoms with E-state index in [1.54, 1.807) is 7.11 Å². The van der Waals surface area contributed by atoms with E-state index in [1.807, 2.05) is 30.3 Å². The maximum atomic E-state index is 6.19. The Morgan fingerprint density at radius 1 is 1.00 bits per heavy atom. The van der Waals surface area contributed by atoms with Crippen molar-refractivity contribution in [2.45, 2.75) is 39.2 Å². The average molecular weight is 357 g/mol. The monoisotopic (exact) mass is 357 g/mol. The third kappa shape index (κ3) is 6.26. The number of benzene rings is 2. The lowest BCUT2D eigenvalue weighted by molar-refractivity contribution is 0.146. The molecule has 0 aromatic heterocycles. The smallest absolute Gasteiger partial charge is 0.123 e. The van der Waals surface area contributed by atoms with E-state index >= 15 is 0 Å². The first-order chi connectivity index (χ1) is 12.6. The van der Waals surface area contributed by atoms with Gasteiger partial charge in [-0.15, -0.1) is 0 Å². The number of rotatable bonds is 11. The zero-order chi connectivity index (χ0) is 18.8. The number of ether oxygens (including phenoxy) is 3. The van der Waals surface area contributed by atoms with Crippen LogP contribution < -0.4 is 14.8 Å². The molecule has 2 unspecified atom stereocenters. The highest BCUT2D eigenvalue weighted by Gasteiger charge is 2.12. The summed E-state index contributed by atoms with van der Waals surface area (Å²) in [6.07, 6.45) is 1.15. The summed E-state index contributed by atoms with van der Waals surface area (Å²) < 4.78 is 16.8. The minimum atomic E-state index is 0.0540. The van der Waals surface area contributed by atoms with E-state index in [2.05, 4.69) is 44.3 Å². The first-order valence-corrected chi connectivity index (χ1v) is 9.35. The molecule has 0 amide bonds. The summed E-state index contributed by atoms with van der Waals surface area (Å²) in [7, 11) is 1.67. The third-order valence-electron chi connectivity index (χ3n) is 4.37. The summed E-state index contributed by atoms with van der Waals surface area (Å²) in [5.74, 6) is 2.31. The van der Waals surface area contributed by atoms with E-state index in [4.69, 9.17) is 14.2 Å². The molecule has 142 valence electrons. The van der Waals surface area contributed by atoms with Gasteiger partial charge in [0.25, 0.3) is 0 Å². The number of anilines is 1. The molecule has 4 nitrogen and oxygen atoms in total. The fourth-order valence-electron chi connectivity index (χ4n) is 2.67. The number of para-hydroxylation sites is 1. The molecule has 0 aliphatic heterocycles. The molecule has 0 saturated carbocycles. The van der Waals surface area contributed by atoms with Crippen LogP contribution in [0.2, 0.25) is 0 Å². The molecule has 0 heterocycles. The van der Waals surface area contributed by atoms with Crippen molar-refractivity contribution in [2.75, 3.05) is 32.2 Å². The van der Waals surface area contributed by atoms with Crippen LogP contribution >= 0.6 is 0 Å². The van der Waals surface area contributed by atoms with Gasteiger partial charge in [-0.1, -0.05) is 38.1 Å². The molecule has 0 bridgehead atoms. The molecule has 0 aliphatic rings. The summed E-state index contributed by atoms with van der Waals surface area (Å²) in [4.78, 5) is 0. The van der Waals surface area contributed by atoms with Gasteiger partial charge in [-0.3, -0.25) is 0 Å². The summed E-state index contributed by atoms with van der Waals surface area (Å²) in [6.45, 7) is 8.37. The Kier molecular flexibility index (Phi) is 8.29. The molecular weight excluding hydrogens is 326 g/mol. The SMILES string of the molecule is CCC(C)c1ccccc1OC(C)CNc1cccc(OCCOC)c1. The topological polar surface area (TPSA) is 39.7 Å². The van der Waals surface area contributed by atoms with Crippen LogP contribution in [0.4, 0.5) is 5.69 Å². The van der Waals surface area contributed by atoms with E-state index in [1.165, 1.54) is 5.56 Å². The fourth-order valence-corrected chi connectivity index (χ4v) is 2.67. The average Bonchev–Trinajstić information content (AvgIpc) is 2.67. The van der Waals surface area contributed by atoms with Crippen molar-refractivity contribution in [1.82, 2.24) is 0 Å². The zero-order valence-corrected chi connectivity index (χ0v) is 16.3. The largest absolute Gasteiger partial charge is 0.491 e. The molecule has 0 aliphatic carbocycles. The lowest BCUT2D eigenvalue weighted by atomic mass is 9.98. The third-order valence-corrected chi connectivity index (χ3v) is 4.37. The molecule has 0 saturated heterocycles. The Morgan fingerprint density at radius 2 is 1.81 bits per heavy atom. The highest BCUT2D eigenvalue weighted by molar-refractivity contribution is 5.48. The van der Waals surface area contributed by atoms with Gasteiger partial charge in [0.2, 0.25) is 0 Å². The number of hydrogen-bond donors (Lipinski definition) is 1. The lowest BCUT2D eigenvalue weighted by Gasteiger charge is -2.21. The second-order valence-electron chi connectivity index (χ2n) is 6.53. The van der Waals surface area contributed by atoms with Crippen molar-refractivity contribution < 1.29 is 14.2 Å². The van der Waals surface area contributed by atoms with Crippen LogP contribution in [0, 0.1) is 0 Å². The number of hydrogen-bond acceptors (Lipinski definition) is 4. The van der Waals surface area contributed by atoms with E-state index in [0.29, 0.717) is 19.1 Å². The Morgan fingerprint density at radius 3 is 2.58 bits per heavy atom. The Bertz CT molecular complexity index is 659. The van der Waals surface area contributed by atoms with Crippen molar-refractivity contribution in [1.29, 1.82) is 0 Å². The first-order valence-electron chi connectivity index (χ1n) is 9.35. The number of methoxy groups -OCH3 is 1. The Labute approximate surface area is 157 Å². The predicted octanol–water partition coefficient (Wildman–Crippen LogP) is 5.10. The second kappa shape index (κ2) is 10.7. The predicted molar refractivity (Wildman–Crippen MR) is 108 cm³/mol. The molecule has 2 rings (SSSR count). The molecular formula is C22H31NO3. The van der Waals surface area contributed by atoms with E-state index in [0.717, 1.165) is 30.2 Å². The minimum absolute atomic E-state index is 0.0540. The maximum absolute atomic E-state index is 6.19. The van der Waals surface area contributed by atoms with Crippen molar-refractivity contribution in [3.63, 3.8) is 0 Å². The first kappa shape index (κ1) is 20.1. The quantitative estimate of drug-likeness (QED) is 0.568. The Hall–Kier alpha value is -2.20. The van der Waals surface area contributed by atoms with Gasteiger partial charge in [0, 0.05) is 18.9 Å². The van der Waals surface area contributed by atoms with Crippen molar-refractivity contribution in [3.8, 4) is 11.5 Å². The van der Waals surface area contributed by atoms with Crippen LogP contribution in [0.5, 0.6) is 11.5 Å². The number of nitrogens with one attached hydrogen (secondary N) is 1. The van der Waals surface area contributed by atoms with Crippen molar-refractivity contribution in [2.24, 2.45) is 0 Å². The van der Waals surface area contributed by atoms with Crippen molar-refractivity contribution >= 4 is 5.69 Å². The minimum Gasteiger partial charge on any atom is -0.491 e. The van der Waals surface area contributed by atoms with E-state index in [9.17, 15) is 0 Å². The molecule has 1 N–H and O–H groups in total. The highest BCUT2D eigenvalue weighted by Crippen LogP contribution is 2.29. The molecule has 0 radical (unpaired) electrons. The van der Waals surface area contributed by atoms with Gasteiger partial charge in [-0.25, -0.2) is 0 Å². The maximum Gasteiger partial charge on any atom is 0.123 e. The molecule has 26 heavy (non-hydrogen) atoms. The lowest BCUT2D eigenvalue weighted by Crippen LogP contribution is -2.23. The summed E-state index contributed by atoms with van der Waals surface area (Å²) in [5.41, 5.74) is 2.29. The highest BCUT2D eigenvalue weighted by atomic mass is 16.5. The van der Waals surface area contributed by atoms with Crippen LogP contribution in [-0.4, -0.2) is 33.0 Å². The zero-order valence-electron chi connectivity index (χ0n) is 16.3. The molecule has 2 aromatic rings. The van der Waals surface area contributed by atoms with Gasteiger partial charge in [0.15, 0.2) is 0 Å². The van der Waals surface area contributed by atoms with E-state index in [-0.39, 0.29) is 6.10 Å². The van der Waals surface area contributed by atoms with E-state index < -0.39 is 0 Å². The summed E-state index contributed by atoms with van der Waals surface area (Å²) in [5, 5.41) is 3.42. The standard InChI is InChI=1S/C22H31NO3/c1-5-17(2)21-11-6-7-12-22(21)26-18(3)16-23-19-9-8-10-20(15-19)25-14-13-24-4/h6-12,15,17-18,23H,5,13-14,16H2,1-4H3. The molecule has 2 aromatic carbocycles. The van der Waals surface area contributed by atoms with Crippen LogP contribution in [-0.2, 0) is 4.74 Å². The molecule has 0 fully saturated rings. The van der Waals surface area contributed by atoms with Crippen LogP contribution in [0.25, 0.3) is 0 Å². The Balaban J connectivity index is 1.89. The second-order valence-corrected chi connectivity index (χ2v) is 6.53. The van der Waals surface area contributed by atoms with Gasteiger partial charge in [-0.05, 0) is 43.0 Å².